The molecule has 300 valence electrons. The van der Waals surface area contributed by atoms with Crippen molar-refractivity contribution in [2.45, 2.75) is 191 Å². The number of hydrogen-bond donors (Lipinski definition) is 0. The van der Waals surface area contributed by atoms with Gasteiger partial charge in [0.25, 0.3) is 0 Å². The van der Waals surface area contributed by atoms with Gasteiger partial charge in [-0.25, -0.2) is 0 Å². The lowest BCUT2D eigenvalue weighted by Crippen LogP contribution is -2.49. The van der Waals surface area contributed by atoms with Crippen molar-refractivity contribution in [3.8, 4) is 0 Å². The second-order valence-electron chi connectivity index (χ2n) is 18.8. The largest absolute Gasteiger partial charge is 0.469 e. The summed E-state index contributed by atoms with van der Waals surface area (Å²) in [6.45, 7) is 34.1. The van der Waals surface area contributed by atoms with Crippen molar-refractivity contribution in [1.82, 2.24) is 0 Å². The Balaban J connectivity index is 1.80. The van der Waals surface area contributed by atoms with Gasteiger partial charge in [-0.1, -0.05) is 61.6 Å². The third-order valence-corrected chi connectivity index (χ3v) is 21.9. The molecule has 0 N–H and O–H groups in total. The van der Waals surface area contributed by atoms with Gasteiger partial charge in [0, 0.05) is 32.3 Å². The number of rotatable bonds is 18. The van der Waals surface area contributed by atoms with Crippen LogP contribution in [0.4, 0.5) is 0 Å². The van der Waals surface area contributed by atoms with E-state index in [1.165, 1.54) is 7.11 Å². The Morgan fingerprint density at radius 2 is 1.54 bits per heavy atom. The van der Waals surface area contributed by atoms with Gasteiger partial charge in [-0.2, -0.15) is 0 Å². The Labute approximate surface area is 318 Å². The molecule has 3 rings (SSSR count). The Morgan fingerprint density at radius 3 is 2.12 bits per heavy atom. The van der Waals surface area contributed by atoms with E-state index in [-0.39, 0.29) is 83.1 Å². The molecule has 0 bridgehead atoms. The lowest BCUT2D eigenvalue weighted by Gasteiger charge is -2.42. The molecule has 0 aromatic rings. The van der Waals surface area contributed by atoms with Crippen molar-refractivity contribution in [2.24, 2.45) is 11.8 Å². The summed E-state index contributed by atoms with van der Waals surface area (Å²) in [6.07, 6.45) is 5.72. The van der Waals surface area contributed by atoms with Crippen LogP contribution in [0.15, 0.2) is 24.3 Å². The predicted octanol–water partition coefficient (Wildman–Crippen LogP) is 8.96. The van der Waals surface area contributed by atoms with Crippen molar-refractivity contribution < 1.29 is 42.1 Å². The number of carbonyl (C=O) groups is 2. The molecule has 0 aromatic carbocycles. The van der Waals surface area contributed by atoms with E-state index in [1.54, 1.807) is 7.11 Å². The molecule has 3 aliphatic rings. The van der Waals surface area contributed by atoms with Gasteiger partial charge < -0.3 is 37.3 Å². The monoisotopic (exact) mass is 766 g/mol. The highest BCUT2D eigenvalue weighted by atomic mass is 28.4. The van der Waals surface area contributed by atoms with E-state index in [1.807, 2.05) is 0 Å². The Bertz CT molecular complexity index is 1210. The molecule has 9 nitrogen and oxygen atoms in total. The first-order valence-corrected chi connectivity index (χ1v) is 25.5. The highest BCUT2D eigenvalue weighted by Gasteiger charge is 2.50. The molecule has 52 heavy (non-hydrogen) atoms. The molecular weight excluding hydrogens is 693 g/mol. The van der Waals surface area contributed by atoms with Gasteiger partial charge in [-0.15, -0.1) is 0 Å². The van der Waals surface area contributed by atoms with Crippen LogP contribution < -0.4 is 0 Å². The number of carbonyl (C=O) groups excluding carboxylic acids is 2. The molecular formula is C41H74O9Si2. The molecule has 10 atom stereocenters. The second kappa shape index (κ2) is 18.6. The highest BCUT2D eigenvalue weighted by molar-refractivity contribution is 6.74. The summed E-state index contributed by atoms with van der Waals surface area (Å²) < 4.78 is 45.2. The number of hydrogen-bond acceptors (Lipinski definition) is 9. The van der Waals surface area contributed by atoms with E-state index in [9.17, 15) is 9.59 Å². The fourth-order valence-electron chi connectivity index (χ4n) is 7.36. The molecule has 3 saturated heterocycles. The summed E-state index contributed by atoms with van der Waals surface area (Å²) in [7, 11) is -1.08. The minimum atomic E-state index is -2.17. The fraction of sp³-hybridized carbons (Fsp3) is 0.854. The van der Waals surface area contributed by atoms with Crippen LogP contribution in [0.5, 0.6) is 0 Å². The highest BCUT2D eigenvalue weighted by Crippen LogP contribution is 2.44. The van der Waals surface area contributed by atoms with Gasteiger partial charge >= 0.3 is 5.97 Å². The van der Waals surface area contributed by atoms with Crippen molar-refractivity contribution in [3.63, 3.8) is 0 Å². The average molecular weight is 767 g/mol. The van der Waals surface area contributed by atoms with Crippen molar-refractivity contribution >= 4 is 28.9 Å². The third kappa shape index (κ3) is 11.9. The van der Waals surface area contributed by atoms with Crippen molar-refractivity contribution in [1.29, 1.82) is 0 Å². The first-order valence-electron chi connectivity index (χ1n) is 19.7. The minimum Gasteiger partial charge on any atom is -0.469 e. The number of aldehydes is 1. The van der Waals surface area contributed by atoms with Crippen LogP contribution in [0.25, 0.3) is 0 Å². The number of methoxy groups -OCH3 is 2. The SMILES string of the molecule is C=C1C(C)CC(CC[C@@H]2OC(CCC=O)CC2=C)OC1C[C@@H]1O[C@H](C[C@@H](CO[Si](C)(C)C(C)(C)C)O[Si](C)(C)C(C)(C)C)[C@H](OC)C1CC(=O)OC. The van der Waals surface area contributed by atoms with E-state index < -0.39 is 16.6 Å². The summed E-state index contributed by atoms with van der Waals surface area (Å²) >= 11 is 0. The van der Waals surface area contributed by atoms with Gasteiger partial charge in [0.15, 0.2) is 16.6 Å². The minimum absolute atomic E-state index is 0.00735. The van der Waals surface area contributed by atoms with Crippen molar-refractivity contribution in [2.75, 3.05) is 20.8 Å². The van der Waals surface area contributed by atoms with E-state index >= 15 is 0 Å². The molecule has 0 amide bonds. The third-order valence-electron chi connectivity index (χ3n) is 12.8. The lowest BCUT2D eigenvalue weighted by atomic mass is 9.82. The summed E-state index contributed by atoms with van der Waals surface area (Å²) in [4.78, 5) is 23.7. The van der Waals surface area contributed by atoms with Crippen LogP contribution in [0.3, 0.4) is 0 Å². The zero-order valence-electron chi connectivity index (χ0n) is 35.0. The van der Waals surface area contributed by atoms with Crippen LogP contribution in [-0.2, 0) is 42.1 Å². The van der Waals surface area contributed by atoms with Crippen molar-refractivity contribution in [3.05, 3.63) is 24.3 Å². The first kappa shape index (κ1) is 45.2. The normalized spacial score (nSPS) is 31.2. The molecule has 0 spiro atoms. The smallest absolute Gasteiger partial charge is 0.305 e. The van der Waals surface area contributed by atoms with Crippen LogP contribution in [-0.4, -0.2) is 98.5 Å². The van der Waals surface area contributed by atoms with Crippen LogP contribution in [0.1, 0.15) is 106 Å². The average Bonchev–Trinajstić information content (AvgIpc) is 3.56. The quantitative estimate of drug-likeness (QED) is 0.0586. The Kier molecular flexibility index (Phi) is 16.2. The van der Waals surface area contributed by atoms with Gasteiger partial charge in [0.2, 0.25) is 0 Å². The molecule has 11 heteroatoms. The van der Waals surface area contributed by atoms with Gasteiger partial charge in [-0.05, 0) is 85.4 Å². The maximum Gasteiger partial charge on any atom is 0.305 e. The predicted molar refractivity (Wildman–Crippen MR) is 213 cm³/mol. The molecule has 0 radical (unpaired) electrons. The Hall–Kier alpha value is -1.19. The van der Waals surface area contributed by atoms with Gasteiger partial charge in [0.05, 0.1) is 69.0 Å². The Morgan fingerprint density at radius 1 is 0.904 bits per heavy atom. The summed E-state index contributed by atoms with van der Waals surface area (Å²) in [5.41, 5.74) is 2.17. The molecule has 0 aliphatic carbocycles. The van der Waals surface area contributed by atoms with E-state index in [2.05, 4.69) is 87.8 Å². The molecule has 3 aliphatic heterocycles. The first-order chi connectivity index (χ1) is 24.0. The van der Waals surface area contributed by atoms with E-state index in [0.717, 1.165) is 49.5 Å². The maximum absolute atomic E-state index is 12.8. The van der Waals surface area contributed by atoms with Crippen LogP contribution >= 0.6 is 0 Å². The second-order valence-corrected chi connectivity index (χ2v) is 28.4. The molecule has 3 fully saturated rings. The van der Waals surface area contributed by atoms with E-state index in [0.29, 0.717) is 25.9 Å². The summed E-state index contributed by atoms with van der Waals surface area (Å²) in [6, 6.07) is 0. The maximum atomic E-state index is 12.8. The molecule has 0 aromatic heterocycles. The molecule has 3 heterocycles. The van der Waals surface area contributed by atoms with Gasteiger partial charge in [0.1, 0.15) is 6.29 Å². The summed E-state index contributed by atoms with van der Waals surface area (Å²) in [5, 5.41) is 0.0929. The standard InChI is InChI=1S/C41H74O9Si2/c1-27-21-31(18-19-34-28(2)22-30(47-34)17-16-20-42)48-35(29(27)3)25-36-33(24-38(43)44-10)39(45-11)37(49-36)23-32(50-52(14,15)41(7,8)9)26-46-51(12,13)40(4,5)6/h20,27,30-37,39H,2-3,16-19,21-26H2,1,4-15H3/t27?,30?,31?,32-,33?,34-,35?,36-,37+,39+/m0/s1. The zero-order valence-corrected chi connectivity index (χ0v) is 37.0. The lowest BCUT2D eigenvalue weighted by molar-refractivity contribution is -0.143. The topological polar surface area (TPSA) is 98.8 Å². The van der Waals surface area contributed by atoms with E-state index in [4.69, 9.17) is 32.5 Å². The number of ether oxygens (including phenoxy) is 5. The zero-order chi connectivity index (χ0) is 39.2. The van der Waals surface area contributed by atoms with Crippen LogP contribution in [0.2, 0.25) is 36.3 Å². The van der Waals surface area contributed by atoms with Crippen LogP contribution in [0, 0.1) is 11.8 Å². The summed E-state index contributed by atoms with van der Waals surface area (Å²) in [5.74, 6) is -0.224. The molecule has 5 unspecified atom stereocenters. The van der Waals surface area contributed by atoms with Gasteiger partial charge in [-0.3, -0.25) is 4.79 Å². The fourth-order valence-corrected chi connectivity index (χ4v) is 9.74. The molecule has 0 saturated carbocycles. The number of esters is 1.